The fraction of sp³-hybridized carbons (Fsp3) is 0.615. The molecule has 1 aromatic rings. The van der Waals surface area contributed by atoms with Gasteiger partial charge in [0.05, 0.1) is 11.8 Å². The molecule has 2 atom stereocenters. The first-order chi connectivity index (χ1) is 8.65. The fourth-order valence-corrected chi connectivity index (χ4v) is 3.15. The molecular formula is C13H20N2O2S. The van der Waals surface area contributed by atoms with Crippen molar-refractivity contribution in [2.24, 2.45) is 0 Å². The molecule has 18 heavy (non-hydrogen) atoms. The van der Waals surface area contributed by atoms with E-state index in [1.807, 2.05) is 11.4 Å². The Morgan fingerprint density at radius 1 is 1.56 bits per heavy atom. The minimum atomic E-state index is -0.158. The molecule has 5 heteroatoms. The second-order valence-corrected chi connectivity index (χ2v) is 5.84. The van der Waals surface area contributed by atoms with Gasteiger partial charge in [-0.15, -0.1) is 11.3 Å². The first kappa shape index (κ1) is 13.5. The number of amides is 1. The van der Waals surface area contributed by atoms with Crippen LogP contribution in [0.25, 0.3) is 0 Å². The maximum absolute atomic E-state index is 11.1. The van der Waals surface area contributed by atoms with Crippen LogP contribution in [0.5, 0.6) is 0 Å². The van der Waals surface area contributed by atoms with Crippen molar-refractivity contribution < 1.29 is 9.90 Å². The lowest BCUT2D eigenvalue weighted by Gasteiger charge is -2.26. The molecule has 1 aliphatic carbocycles. The molecule has 0 spiro atoms. The quantitative estimate of drug-likeness (QED) is 0.783. The molecule has 2 rings (SSSR count). The van der Waals surface area contributed by atoms with Crippen LogP contribution in [0.4, 0.5) is 5.69 Å². The van der Waals surface area contributed by atoms with Gasteiger partial charge in [-0.05, 0) is 37.1 Å². The molecule has 1 heterocycles. The van der Waals surface area contributed by atoms with Crippen molar-refractivity contribution >= 4 is 22.9 Å². The lowest BCUT2D eigenvalue weighted by atomic mass is 9.93. The van der Waals surface area contributed by atoms with E-state index in [1.165, 1.54) is 6.92 Å². The first-order valence-corrected chi connectivity index (χ1v) is 7.28. The highest BCUT2D eigenvalue weighted by atomic mass is 32.1. The number of nitrogens with one attached hydrogen (secondary N) is 2. The number of carbonyl (C=O) groups is 1. The SMILES string of the molecule is CC(=O)Nc1ccsc1CNC1CCCC(O)C1. The van der Waals surface area contributed by atoms with E-state index >= 15 is 0 Å². The molecule has 2 unspecified atom stereocenters. The lowest BCUT2D eigenvalue weighted by Crippen LogP contribution is -2.35. The molecule has 0 radical (unpaired) electrons. The summed E-state index contributed by atoms with van der Waals surface area (Å²) in [6.45, 7) is 2.27. The number of hydrogen-bond acceptors (Lipinski definition) is 4. The second kappa shape index (κ2) is 6.31. The highest BCUT2D eigenvalue weighted by Gasteiger charge is 2.19. The number of aliphatic hydroxyl groups is 1. The van der Waals surface area contributed by atoms with Crippen molar-refractivity contribution in [2.75, 3.05) is 5.32 Å². The van der Waals surface area contributed by atoms with Crippen molar-refractivity contribution in [3.63, 3.8) is 0 Å². The Morgan fingerprint density at radius 3 is 3.11 bits per heavy atom. The van der Waals surface area contributed by atoms with Crippen molar-refractivity contribution in [3.05, 3.63) is 16.3 Å². The van der Waals surface area contributed by atoms with Gasteiger partial charge in [0.25, 0.3) is 0 Å². The molecule has 0 bridgehead atoms. The Balaban J connectivity index is 1.86. The minimum Gasteiger partial charge on any atom is -0.393 e. The highest BCUT2D eigenvalue weighted by molar-refractivity contribution is 7.10. The summed E-state index contributed by atoms with van der Waals surface area (Å²) in [6, 6.07) is 2.32. The van der Waals surface area contributed by atoms with Gasteiger partial charge in [-0.3, -0.25) is 4.79 Å². The highest BCUT2D eigenvalue weighted by Crippen LogP contribution is 2.24. The molecule has 1 fully saturated rings. The summed E-state index contributed by atoms with van der Waals surface area (Å²) in [5.41, 5.74) is 0.899. The third-order valence-corrected chi connectivity index (χ3v) is 4.17. The Bertz CT molecular complexity index is 405. The van der Waals surface area contributed by atoms with Crippen molar-refractivity contribution in [2.45, 2.75) is 51.3 Å². The second-order valence-electron chi connectivity index (χ2n) is 4.84. The standard InChI is InChI=1S/C13H20N2O2S/c1-9(16)15-12-5-6-18-13(12)8-14-10-3-2-4-11(17)7-10/h5-6,10-11,14,17H,2-4,7-8H2,1H3,(H,15,16). The van der Waals surface area contributed by atoms with Gasteiger partial charge in [0.1, 0.15) is 0 Å². The number of aliphatic hydroxyl groups excluding tert-OH is 1. The van der Waals surface area contributed by atoms with Gasteiger partial charge >= 0.3 is 0 Å². The van der Waals surface area contributed by atoms with Gasteiger partial charge < -0.3 is 15.7 Å². The van der Waals surface area contributed by atoms with Crippen molar-refractivity contribution in [1.82, 2.24) is 5.32 Å². The number of carbonyl (C=O) groups excluding carboxylic acids is 1. The summed E-state index contributed by atoms with van der Waals surface area (Å²) in [5.74, 6) is -0.0391. The van der Waals surface area contributed by atoms with Crippen LogP contribution in [0, 0.1) is 0 Å². The number of rotatable bonds is 4. The molecule has 1 amide bonds. The van der Waals surface area contributed by atoms with E-state index in [2.05, 4.69) is 10.6 Å². The molecule has 4 nitrogen and oxygen atoms in total. The van der Waals surface area contributed by atoms with E-state index in [9.17, 15) is 9.90 Å². The topological polar surface area (TPSA) is 61.4 Å². The third-order valence-electron chi connectivity index (χ3n) is 3.25. The third kappa shape index (κ3) is 3.80. The zero-order valence-electron chi connectivity index (χ0n) is 10.6. The van der Waals surface area contributed by atoms with Crippen LogP contribution in [0.1, 0.15) is 37.5 Å². The van der Waals surface area contributed by atoms with Crippen LogP contribution in [-0.4, -0.2) is 23.2 Å². The molecule has 1 aliphatic rings. The maximum atomic E-state index is 11.1. The Hall–Kier alpha value is -0.910. The lowest BCUT2D eigenvalue weighted by molar-refractivity contribution is -0.114. The zero-order valence-corrected chi connectivity index (χ0v) is 11.4. The van der Waals surface area contributed by atoms with Gasteiger partial charge in [-0.1, -0.05) is 0 Å². The number of anilines is 1. The largest absolute Gasteiger partial charge is 0.393 e. The van der Waals surface area contributed by atoms with Gasteiger partial charge in [-0.2, -0.15) is 0 Å². The van der Waals surface area contributed by atoms with Crippen LogP contribution in [0.2, 0.25) is 0 Å². The Morgan fingerprint density at radius 2 is 2.39 bits per heavy atom. The minimum absolute atomic E-state index is 0.0391. The van der Waals surface area contributed by atoms with E-state index in [4.69, 9.17) is 0 Å². The predicted molar refractivity (Wildman–Crippen MR) is 73.7 cm³/mol. The Labute approximate surface area is 111 Å². The monoisotopic (exact) mass is 268 g/mol. The van der Waals surface area contributed by atoms with E-state index < -0.39 is 0 Å². The van der Waals surface area contributed by atoms with E-state index in [0.29, 0.717) is 6.04 Å². The molecule has 1 aromatic heterocycles. The summed E-state index contributed by atoms with van der Waals surface area (Å²) in [4.78, 5) is 12.2. The zero-order chi connectivity index (χ0) is 13.0. The molecule has 100 valence electrons. The first-order valence-electron chi connectivity index (χ1n) is 6.40. The molecular weight excluding hydrogens is 248 g/mol. The summed E-state index contributed by atoms with van der Waals surface area (Å²) >= 11 is 1.64. The van der Waals surface area contributed by atoms with Crippen LogP contribution in [-0.2, 0) is 11.3 Å². The molecule has 0 saturated heterocycles. The molecule has 0 aromatic carbocycles. The van der Waals surface area contributed by atoms with Crippen LogP contribution in [0.3, 0.4) is 0 Å². The van der Waals surface area contributed by atoms with Gasteiger partial charge in [0.2, 0.25) is 5.91 Å². The molecule has 3 N–H and O–H groups in total. The van der Waals surface area contributed by atoms with E-state index in [-0.39, 0.29) is 12.0 Å². The normalized spacial score (nSPS) is 23.9. The fourth-order valence-electron chi connectivity index (χ4n) is 2.36. The number of hydrogen-bond donors (Lipinski definition) is 3. The molecule has 0 aliphatic heterocycles. The van der Waals surface area contributed by atoms with Gasteiger partial charge in [0, 0.05) is 24.4 Å². The summed E-state index contributed by atoms with van der Waals surface area (Å²) in [7, 11) is 0. The van der Waals surface area contributed by atoms with Crippen LogP contribution < -0.4 is 10.6 Å². The van der Waals surface area contributed by atoms with Crippen LogP contribution in [0.15, 0.2) is 11.4 Å². The van der Waals surface area contributed by atoms with Gasteiger partial charge in [0.15, 0.2) is 0 Å². The summed E-state index contributed by atoms with van der Waals surface area (Å²) < 4.78 is 0. The smallest absolute Gasteiger partial charge is 0.221 e. The molecule has 1 saturated carbocycles. The Kier molecular flexibility index (Phi) is 4.74. The van der Waals surface area contributed by atoms with Crippen LogP contribution >= 0.6 is 11.3 Å². The van der Waals surface area contributed by atoms with E-state index in [0.717, 1.165) is 42.8 Å². The summed E-state index contributed by atoms with van der Waals surface area (Å²) in [5, 5.41) is 17.9. The van der Waals surface area contributed by atoms with Gasteiger partial charge in [-0.25, -0.2) is 0 Å². The van der Waals surface area contributed by atoms with Crippen molar-refractivity contribution in [3.8, 4) is 0 Å². The summed E-state index contributed by atoms with van der Waals surface area (Å²) in [6.07, 6.45) is 3.81. The number of thiophene rings is 1. The predicted octanol–water partition coefficient (Wildman–Crippen LogP) is 2.10. The average molecular weight is 268 g/mol. The average Bonchev–Trinajstić information content (AvgIpc) is 2.73. The van der Waals surface area contributed by atoms with Crippen molar-refractivity contribution in [1.29, 1.82) is 0 Å². The van der Waals surface area contributed by atoms with E-state index in [1.54, 1.807) is 11.3 Å². The maximum Gasteiger partial charge on any atom is 0.221 e.